The number of amides is 3. The molecule has 3 amide bonds. The van der Waals surface area contributed by atoms with Crippen molar-refractivity contribution in [3.05, 3.63) is 65.2 Å². The number of carbonyl (C=O) groups excluding carboxylic acids is 3. The first-order valence-corrected chi connectivity index (χ1v) is 12.1. The molecule has 0 spiro atoms. The van der Waals surface area contributed by atoms with Gasteiger partial charge in [-0.15, -0.1) is 0 Å². The molecule has 1 saturated heterocycles. The first-order valence-electron chi connectivity index (χ1n) is 12.1. The van der Waals surface area contributed by atoms with Crippen molar-refractivity contribution in [2.75, 3.05) is 11.9 Å². The lowest BCUT2D eigenvalue weighted by Crippen LogP contribution is -2.50. The van der Waals surface area contributed by atoms with Crippen LogP contribution in [0.25, 0.3) is 0 Å². The number of fused-ring (bicyclic) bond motifs is 1. The van der Waals surface area contributed by atoms with Gasteiger partial charge in [0.1, 0.15) is 6.04 Å². The minimum Gasteiger partial charge on any atom is -0.368 e. The van der Waals surface area contributed by atoms with Gasteiger partial charge in [-0.1, -0.05) is 50.2 Å². The van der Waals surface area contributed by atoms with Crippen molar-refractivity contribution < 1.29 is 14.4 Å². The quantitative estimate of drug-likeness (QED) is 0.661. The fraction of sp³-hybridized carbons (Fsp3) is 0.444. The number of primary amides is 1. The number of carbonyl (C=O) groups is 3. The van der Waals surface area contributed by atoms with E-state index >= 15 is 0 Å². The minimum absolute atomic E-state index is 0.00457. The molecule has 0 saturated carbocycles. The maximum atomic E-state index is 13.4. The Morgan fingerprint density at radius 2 is 1.82 bits per heavy atom. The van der Waals surface area contributed by atoms with E-state index in [0.717, 1.165) is 36.1 Å². The zero-order chi connectivity index (χ0) is 24.2. The molecule has 2 atom stereocenters. The second kappa shape index (κ2) is 10.4. The number of benzene rings is 2. The molecule has 0 aromatic heterocycles. The molecule has 7 heteroatoms. The molecule has 2 aliphatic rings. The molecule has 2 aliphatic heterocycles. The van der Waals surface area contributed by atoms with E-state index in [2.05, 4.69) is 10.2 Å². The monoisotopic (exact) mass is 462 g/mol. The smallest absolute Gasteiger partial charge is 0.247 e. The van der Waals surface area contributed by atoms with Crippen molar-refractivity contribution in [3.63, 3.8) is 0 Å². The third-order valence-electron chi connectivity index (χ3n) is 6.73. The van der Waals surface area contributed by atoms with E-state index in [4.69, 9.17) is 5.73 Å². The zero-order valence-corrected chi connectivity index (χ0v) is 20.0. The summed E-state index contributed by atoms with van der Waals surface area (Å²) in [5, 5.41) is 3.04. The summed E-state index contributed by atoms with van der Waals surface area (Å²) in [6.07, 6.45) is 2.65. The summed E-state index contributed by atoms with van der Waals surface area (Å²) in [6.45, 7) is 5.91. The Morgan fingerprint density at radius 3 is 2.56 bits per heavy atom. The predicted octanol–water partition coefficient (Wildman–Crippen LogP) is 3.07. The van der Waals surface area contributed by atoms with Crippen molar-refractivity contribution in [1.29, 1.82) is 0 Å². The van der Waals surface area contributed by atoms with Gasteiger partial charge in [0.2, 0.25) is 17.7 Å². The SMILES string of the molecule is CC(C)CC(=O)N1Cc2ccccc2CC1C(=O)Nc1cccc(CN2CCCC2C(N)=O)c1. The Bertz CT molecular complexity index is 1070. The molecule has 0 radical (unpaired) electrons. The van der Waals surface area contributed by atoms with Gasteiger partial charge in [0, 0.05) is 31.6 Å². The molecular formula is C27H34N4O3. The van der Waals surface area contributed by atoms with Crippen LogP contribution in [0.3, 0.4) is 0 Å². The van der Waals surface area contributed by atoms with E-state index < -0.39 is 6.04 Å². The van der Waals surface area contributed by atoms with Gasteiger partial charge in [0.15, 0.2) is 0 Å². The van der Waals surface area contributed by atoms with Gasteiger partial charge in [0.05, 0.1) is 6.04 Å². The van der Waals surface area contributed by atoms with E-state index in [0.29, 0.717) is 31.6 Å². The number of likely N-dealkylation sites (tertiary alicyclic amines) is 1. The highest BCUT2D eigenvalue weighted by molar-refractivity contribution is 5.97. The van der Waals surface area contributed by atoms with E-state index in [9.17, 15) is 14.4 Å². The first kappa shape index (κ1) is 24.0. The third kappa shape index (κ3) is 5.47. The van der Waals surface area contributed by atoms with Crippen LogP contribution in [0, 0.1) is 5.92 Å². The van der Waals surface area contributed by atoms with Crippen molar-refractivity contribution in [1.82, 2.24) is 9.80 Å². The van der Waals surface area contributed by atoms with Gasteiger partial charge >= 0.3 is 0 Å². The largest absolute Gasteiger partial charge is 0.368 e. The lowest BCUT2D eigenvalue weighted by molar-refractivity contribution is -0.140. The molecule has 0 bridgehead atoms. The van der Waals surface area contributed by atoms with Crippen molar-refractivity contribution in [2.45, 2.75) is 64.7 Å². The van der Waals surface area contributed by atoms with Crippen LogP contribution in [0.5, 0.6) is 0 Å². The normalized spacial score (nSPS) is 20.3. The van der Waals surface area contributed by atoms with Gasteiger partial charge in [-0.05, 0) is 54.1 Å². The number of rotatable bonds is 7. The Hall–Kier alpha value is -3.19. The number of nitrogens with one attached hydrogen (secondary N) is 1. The molecule has 3 N–H and O–H groups in total. The highest BCUT2D eigenvalue weighted by Crippen LogP contribution is 2.26. The fourth-order valence-electron chi connectivity index (χ4n) is 5.03. The summed E-state index contributed by atoms with van der Waals surface area (Å²) in [5.74, 6) is -0.240. The van der Waals surface area contributed by atoms with Crippen LogP contribution < -0.4 is 11.1 Å². The van der Waals surface area contributed by atoms with Crippen LogP contribution in [0.15, 0.2) is 48.5 Å². The van der Waals surface area contributed by atoms with Crippen molar-refractivity contribution in [2.24, 2.45) is 11.7 Å². The lowest BCUT2D eigenvalue weighted by atomic mass is 9.92. The summed E-state index contributed by atoms with van der Waals surface area (Å²) in [5.41, 5.74) is 9.45. The van der Waals surface area contributed by atoms with Crippen LogP contribution in [0.4, 0.5) is 5.69 Å². The van der Waals surface area contributed by atoms with Gasteiger partial charge in [-0.3, -0.25) is 19.3 Å². The highest BCUT2D eigenvalue weighted by atomic mass is 16.2. The molecule has 2 heterocycles. The fourth-order valence-corrected chi connectivity index (χ4v) is 5.03. The second-order valence-corrected chi connectivity index (χ2v) is 9.83. The summed E-state index contributed by atoms with van der Waals surface area (Å²) in [6, 6.07) is 14.9. The number of nitrogens with zero attached hydrogens (tertiary/aromatic N) is 2. The summed E-state index contributed by atoms with van der Waals surface area (Å²) in [7, 11) is 0. The summed E-state index contributed by atoms with van der Waals surface area (Å²) in [4.78, 5) is 42.0. The average molecular weight is 463 g/mol. The molecule has 4 rings (SSSR count). The molecule has 34 heavy (non-hydrogen) atoms. The molecule has 2 aromatic rings. The molecule has 180 valence electrons. The Labute approximate surface area is 201 Å². The minimum atomic E-state index is -0.553. The molecule has 0 aliphatic carbocycles. The van der Waals surface area contributed by atoms with Crippen LogP contribution in [-0.2, 0) is 33.9 Å². The predicted molar refractivity (Wildman–Crippen MR) is 132 cm³/mol. The second-order valence-electron chi connectivity index (χ2n) is 9.83. The van der Waals surface area contributed by atoms with Crippen LogP contribution in [-0.4, -0.2) is 46.1 Å². The van der Waals surface area contributed by atoms with E-state index in [1.807, 2.05) is 62.4 Å². The summed E-state index contributed by atoms with van der Waals surface area (Å²) >= 11 is 0. The number of anilines is 1. The maximum Gasteiger partial charge on any atom is 0.247 e. The van der Waals surface area contributed by atoms with E-state index in [1.165, 1.54) is 0 Å². The molecule has 2 aromatic carbocycles. The summed E-state index contributed by atoms with van der Waals surface area (Å²) < 4.78 is 0. The first-order chi connectivity index (χ1) is 16.3. The maximum absolute atomic E-state index is 13.4. The van der Waals surface area contributed by atoms with Gasteiger partial charge in [-0.2, -0.15) is 0 Å². The zero-order valence-electron chi connectivity index (χ0n) is 20.0. The van der Waals surface area contributed by atoms with E-state index in [-0.39, 0.29) is 29.7 Å². The highest BCUT2D eigenvalue weighted by Gasteiger charge is 2.35. The molecular weight excluding hydrogens is 428 g/mol. The van der Waals surface area contributed by atoms with Gasteiger partial charge in [0.25, 0.3) is 0 Å². The van der Waals surface area contributed by atoms with Crippen LogP contribution in [0.1, 0.15) is 49.8 Å². The third-order valence-corrected chi connectivity index (χ3v) is 6.73. The van der Waals surface area contributed by atoms with Crippen LogP contribution in [0.2, 0.25) is 0 Å². The Balaban J connectivity index is 1.49. The van der Waals surface area contributed by atoms with Gasteiger partial charge in [-0.25, -0.2) is 0 Å². The van der Waals surface area contributed by atoms with Crippen molar-refractivity contribution >= 4 is 23.4 Å². The Kier molecular flexibility index (Phi) is 7.32. The average Bonchev–Trinajstić information content (AvgIpc) is 3.26. The van der Waals surface area contributed by atoms with Gasteiger partial charge < -0.3 is 16.0 Å². The van der Waals surface area contributed by atoms with Crippen molar-refractivity contribution in [3.8, 4) is 0 Å². The molecule has 1 fully saturated rings. The van der Waals surface area contributed by atoms with E-state index in [1.54, 1.807) is 4.90 Å². The number of hydrogen-bond acceptors (Lipinski definition) is 4. The standard InChI is InChI=1S/C27H34N4O3/c1-18(2)13-25(32)31-17-21-9-4-3-8-20(21)15-24(31)27(34)29-22-10-5-7-19(14-22)16-30-12-6-11-23(30)26(28)33/h3-5,7-10,14,18,23-24H,6,11-13,15-17H2,1-2H3,(H2,28,33)(H,29,34). The topological polar surface area (TPSA) is 95.7 Å². The number of nitrogens with two attached hydrogens (primary N) is 1. The molecule has 7 nitrogen and oxygen atoms in total. The Morgan fingerprint density at radius 1 is 1.06 bits per heavy atom. The lowest BCUT2D eigenvalue weighted by Gasteiger charge is -2.36. The number of hydrogen-bond donors (Lipinski definition) is 2. The molecule has 2 unspecified atom stereocenters. The van der Waals surface area contributed by atoms with Crippen LogP contribution >= 0.6 is 0 Å².